The van der Waals surface area contributed by atoms with Crippen LogP contribution in [0.15, 0.2) is 75.1 Å². The van der Waals surface area contributed by atoms with Gasteiger partial charge in [-0.3, -0.25) is 0 Å². The first-order chi connectivity index (χ1) is 13.6. The first kappa shape index (κ1) is 21.5. The molecule has 3 rings (SSSR count). The first-order valence-electron chi connectivity index (χ1n) is 8.40. The Morgan fingerprint density at radius 2 is 1.76 bits per heavy atom. The molecule has 1 unspecified atom stereocenters. The van der Waals surface area contributed by atoms with E-state index >= 15 is 0 Å². The number of sulfonamides is 1. The quantitative estimate of drug-likeness (QED) is 0.581. The predicted molar refractivity (Wildman–Crippen MR) is 106 cm³/mol. The van der Waals surface area contributed by atoms with E-state index in [-0.39, 0.29) is 21.1 Å². The summed E-state index contributed by atoms with van der Waals surface area (Å²) >= 11 is 5.82. The zero-order chi connectivity index (χ0) is 21.2. The highest BCUT2D eigenvalue weighted by atomic mass is 35.5. The van der Waals surface area contributed by atoms with Crippen LogP contribution in [0.3, 0.4) is 0 Å². The van der Waals surface area contributed by atoms with Gasteiger partial charge in [-0.1, -0.05) is 11.6 Å². The summed E-state index contributed by atoms with van der Waals surface area (Å²) < 4.78 is 72.4. The summed E-state index contributed by atoms with van der Waals surface area (Å²) in [6.45, 7) is 0.976. The lowest BCUT2D eigenvalue weighted by molar-refractivity contribution is 0.486. The van der Waals surface area contributed by atoms with Gasteiger partial charge in [0.1, 0.15) is 16.8 Å². The van der Waals surface area contributed by atoms with Crippen LogP contribution in [-0.2, 0) is 19.9 Å². The van der Waals surface area contributed by atoms with Gasteiger partial charge in [0.05, 0.1) is 16.1 Å². The topological polar surface area (TPSA) is 93.4 Å². The van der Waals surface area contributed by atoms with Crippen molar-refractivity contribution in [2.24, 2.45) is 0 Å². The van der Waals surface area contributed by atoms with E-state index in [9.17, 15) is 21.2 Å². The van der Waals surface area contributed by atoms with E-state index in [4.69, 9.17) is 16.0 Å². The molecule has 0 aliphatic rings. The van der Waals surface area contributed by atoms with Gasteiger partial charge in [0.15, 0.2) is 9.84 Å². The van der Waals surface area contributed by atoms with Crippen molar-refractivity contribution in [2.75, 3.05) is 6.54 Å². The van der Waals surface area contributed by atoms with Crippen molar-refractivity contribution in [3.8, 4) is 0 Å². The van der Waals surface area contributed by atoms with Gasteiger partial charge < -0.3 is 4.42 Å². The molecule has 0 aliphatic heterocycles. The van der Waals surface area contributed by atoms with Gasteiger partial charge in [-0.2, -0.15) is 0 Å². The van der Waals surface area contributed by atoms with E-state index in [1.807, 2.05) is 0 Å². The smallest absolute Gasteiger partial charge is 0.240 e. The second-order valence-corrected chi connectivity index (χ2v) is 10.6. The molecular formula is C19H17ClFNO5S2. The third-order valence-corrected chi connectivity index (χ3v) is 8.18. The minimum Gasteiger partial charge on any atom is -0.468 e. The summed E-state index contributed by atoms with van der Waals surface area (Å²) in [5.74, 6) is -0.487. The second-order valence-electron chi connectivity index (χ2n) is 6.26. The molecule has 154 valence electrons. The molecule has 1 heterocycles. The molecule has 1 N–H and O–H groups in total. The Morgan fingerprint density at radius 3 is 2.34 bits per heavy atom. The number of hydrogen-bond acceptors (Lipinski definition) is 5. The van der Waals surface area contributed by atoms with Crippen molar-refractivity contribution in [1.82, 2.24) is 4.72 Å². The lowest BCUT2D eigenvalue weighted by Crippen LogP contribution is -2.32. The summed E-state index contributed by atoms with van der Waals surface area (Å²) in [4.78, 5) is -0.165. The number of benzene rings is 2. The highest BCUT2D eigenvalue weighted by Gasteiger charge is 2.33. The minimum atomic E-state index is -4.09. The van der Waals surface area contributed by atoms with Crippen molar-refractivity contribution >= 4 is 31.5 Å². The predicted octanol–water partition coefficient (Wildman–Crippen LogP) is 3.87. The molecule has 0 spiro atoms. The van der Waals surface area contributed by atoms with Crippen LogP contribution in [0.25, 0.3) is 0 Å². The number of hydrogen-bond donors (Lipinski definition) is 1. The van der Waals surface area contributed by atoms with Crippen LogP contribution in [0.1, 0.15) is 16.6 Å². The van der Waals surface area contributed by atoms with Crippen LogP contribution in [0.5, 0.6) is 0 Å². The molecule has 3 aromatic rings. The molecule has 0 radical (unpaired) electrons. The zero-order valence-corrected chi connectivity index (χ0v) is 17.6. The van der Waals surface area contributed by atoms with Gasteiger partial charge in [-0.15, -0.1) is 0 Å². The number of furan rings is 1. The summed E-state index contributed by atoms with van der Waals surface area (Å²) in [5.41, 5.74) is 0.201. The van der Waals surface area contributed by atoms with Gasteiger partial charge in [-0.25, -0.2) is 25.9 Å². The number of nitrogens with one attached hydrogen (secondary N) is 1. The molecule has 0 saturated carbocycles. The van der Waals surface area contributed by atoms with Crippen molar-refractivity contribution in [3.63, 3.8) is 0 Å². The standard InChI is InChI=1S/C19H17ClFNO5S2/c1-13-11-15(21)6-9-18(13)29(25,26)22-12-19(17-3-2-10-27-17)28(23,24)16-7-4-14(20)5-8-16/h2-11,19,22H,12H2,1H3. The Bertz CT molecular complexity index is 1210. The molecule has 0 bridgehead atoms. The Labute approximate surface area is 173 Å². The van der Waals surface area contributed by atoms with Crippen LogP contribution < -0.4 is 4.72 Å². The normalized spacial score (nSPS) is 13.3. The lowest BCUT2D eigenvalue weighted by atomic mass is 10.2. The molecule has 2 aromatic carbocycles. The Kier molecular flexibility index (Phi) is 6.13. The molecule has 1 aromatic heterocycles. The Balaban J connectivity index is 1.94. The average Bonchev–Trinajstić information content (AvgIpc) is 3.15. The maximum Gasteiger partial charge on any atom is 0.240 e. The van der Waals surface area contributed by atoms with Crippen LogP contribution >= 0.6 is 11.6 Å². The fourth-order valence-electron chi connectivity index (χ4n) is 2.80. The van der Waals surface area contributed by atoms with Crippen molar-refractivity contribution in [2.45, 2.75) is 22.0 Å². The largest absolute Gasteiger partial charge is 0.468 e. The highest BCUT2D eigenvalue weighted by Crippen LogP contribution is 2.30. The summed E-state index contributed by atoms with van der Waals surface area (Å²) in [6, 6.07) is 11.7. The molecule has 0 saturated heterocycles. The summed E-state index contributed by atoms with van der Waals surface area (Å²) in [5, 5.41) is -0.944. The van der Waals surface area contributed by atoms with Gasteiger partial charge in [-0.05, 0) is 67.1 Å². The van der Waals surface area contributed by atoms with Gasteiger partial charge >= 0.3 is 0 Å². The monoisotopic (exact) mass is 457 g/mol. The second kappa shape index (κ2) is 8.27. The number of sulfone groups is 1. The van der Waals surface area contributed by atoms with E-state index in [2.05, 4.69) is 4.72 Å². The van der Waals surface area contributed by atoms with E-state index in [1.165, 1.54) is 49.6 Å². The maximum atomic E-state index is 13.3. The maximum absolute atomic E-state index is 13.3. The van der Waals surface area contributed by atoms with E-state index in [1.54, 1.807) is 0 Å². The fourth-order valence-corrected chi connectivity index (χ4v) is 5.89. The zero-order valence-electron chi connectivity index (χ0n) is 15.2. The summed E-state index contributed by atoms with van der Waals surface area (Å²) in [6.07, 6.45) is 1.30. The van der Waals surface area contributed by atoms with Crippen LogP contribution in [0.4, 0.5) is 4.39 Å². The number of halogens is 2. The molecule has 10 heteroatoms. The molecule has 6 nitrogen and oxygen atoms in total. The third-order valence-electron chi connectivity index (χ3n) is 4.26. The van der Waals surface area contributed by atoms with Crippen LogP contribution in [-0.4, -0.2) is 23.4 Å². The third kappa shape index (κ3) is 4.69. The van der Waals surface area contributed by atoms with Crippen molar-refractivity contribution in [3.05, 3.63) is 83.0 Å². The fraction of sp³-hybridized carbons (Fsp3) is 0.158. The van der Waals surface area contributed by atoms with Crippen LogP contribution in [0.2, 0.25) is 5.02 Å². The van der Waals surface area contributed by atoms with Crippen molar-refractivity contribution in [1.29, 1.82) is 0 Å². The lowest BCUT2D eigenvalue weighted by Gasteiger charge is -2.17. The minimum absolute atomic E-state index is 0.0274. The van der Waals surface area contributed by atoms with Gasteiger partial charge in [0, 0.05) is 11.6 Å². The molecule has 29 heavy (non-hydrogen) atoms. The van der Waals surface area contributed by atoms with Crippen molar-refractivity contribution < 1.29 is 25.6 Å². The highest BCUT2D eigenvalue weighted by molar-refractivity contribution is 7.92. The molecule has 0 fully saturated rings. The van der Waals surface area contributed by atoms with E-state index in [0.717, 1.165) is 18.2 Å². The van der Waals surface area contributed by atoms with Crippen LogP contribution in [0, 0.1) is 12.7 Å². The first-order valence-corrected chi connectivity index (χ1v) is 11.8. The number of rotatable bonds is 7. The van der Waals surface area contributed by atoms with Gasteiger partial charge in [0.2, 0.25) is 10.0 Å². The number of aryl methyl sites for hydroxylation is 1. The molecular weight excluding hydrogens is 441 g/mol. The Hall–Kier alpha value is -2.20. The summed E-state index contributed by atoms with van der Waals surface area (Å²) in [7, 11) is -8.09. The van der Waals surface area contributed by atoms with E-state index in [0.29, 0.717) is 5.02 Å². The molecule has 1 atom stereocenters. The molecule has 0 aliphatic carbocycles. The van der Waals surface area contributed by atoms with E-state index < -0.39 is 37.5 Å². The SMILES string of the molecule is Cc1cc(F)ccc1S(=O)(=O)NCC(c1ccco1)S(=O)(=O)c1ccc(Cl)cc1. The molecule has 0 amide bonds. The Morgan fingerprint density at radius 1 is 1.07 bits per heavy atom. The average molecular weight is 458 g/mol. The van der Waals surface area contributed by atoms with Gasteiger partial charge in [0.25, 0.3) is 0 Å².